The Kier molecular flexibility index (Phi) is 5.15. The molecular formula is C12H10ClFN2O2. The second kappa shape index (κ2) is 6.62. The van der Waals surface area contributed by atoms with Gasteiger partial charge in [-0.25, -0.2) is 9.18 Å². The normalized spacial score (nSPS) is 10.7. The highest BCUT2D eigenvalue weighted by Gasteiger charge is 2.10. The fourth-order valence-corrected chi connectivity index (χ4v) is 1.28. The topological polar surface area (TPSA) is 62.1 Å². The highest BCUT2D eigenvalue weighted by molar-refractivity contribution is 6.30. The molecule has 6 heteroatoms. The molecule has 0 aliphatic rings. The number of hydrogen-bond acceptors (Lipinski definition) is 4. The first kappa shape index (κ1) is 14.0. The van der Waals surface area contributed by atoms with Crippen LogP contribution >= 0.6 is 11.6 Å². The van der Waals surface area contributed by atoms with Gasteiger partial charge < -0.3 is 10.1 Å². The molecule has 0 bridgehead atoms. The Labute approximate surface area is 109 Å². The van der Waals surface area contributed by atoms with Crippen LogP contribution in [0.1, 0.15) is 6.92 Å². The number of ether oxygens (including phenoxy) is 1. The summed E-state index contributed by atoms with van der Waals surface area (Å²) in [7, 11) is 0. The molecule has 0 atom stereocenters. The van der Waals surface area contributed by atoms with Gasteiger partial charge in [0.1, 0.15) is 11.9 Å². The van der Waals surface area contributed by atoms with Crippen LogP contribution in [0, 0.1) is 17.1 Å². The van der Waals surface area contributed by atoms with Gasteiger partial charge in [0.05, 0.1) is 12.3 Å². The number of carbonyl (C=O) groups is 1. The van der Waals surface area contributed by atoms with Crippen molar-refractivity contribution >= 4 is 23.3 Å². The van der Waals surface area contributed by atoms with Crippen LogP contribution in [0.3, 0.4) is 0 Å². The first-order valence-electron chi connectivity index (χ1n) is 5.07. The summed E-state index contributed by atoms with van der Waals surface area (Å²) in [6.07, 6.45) is 1.08. The highest BCUT2D eigenvalue weighted by Crippen LogP contribution is 2.19. The van der Waals surface area contributed by atoms with Gasteiger partial charge in [0, 0.05) is 11.2 Å². The summed E-state index contributed by atoms with van der Waals surface area (Å²) < 4.78 is 18.0. The summed E-state index contributed by atoms with van der Waals surface area (Å²) in [6, 6.07) is 5.57. The molecular weight excluding hydrogens is 259 g/mol. The van der Waals surface area contributed by atoms with Crippen molar-refractivity contribution in [3.8, 4) is 6.07 Å². The predicted octanol–water partition coefficient (Wildman–Crippen LogP) is 2.86. The quantitative estimate of drug-likeness (QED) is 0.518. The molecule has 1 aromatic rings. The number of carbonyl (C=O) groups excluding carboxylic acids is 1. The fourth-order valence-electron chi connectivity index (χ4n) is 1.10. The average Bonchev–Trinajstić information content (AvgIpc) is 2.34. The van der Waals surface area contributed by atoms with E-state index < -0.39 is 11.8 Å². The Morgan fingerprint density at radius 2 is 2.39 bits per heavy atom. The third-order valence-electron chi connectivity index (χ3n) is 1.92. The second-order valence-corrected chi connectivity index (χ2v) is 3.60. The van der Waals surface area contributed by atoms with E-state index in [4.69, 9.17) is 16.9 Å². The first-order valence-corrected chi connectivity index (χ1v) is 5.45. The van der Waals surface area contributed by atoms with Gasteiger partial charge in [-0.1, -0.05) is 11.6 Å². The minimum absolute atomic E-state index is 0.0690. The van der Waals surface area contributed by atoms with Crippen LogP contribution in [0.15, 0.2) is 30.0 Å². The largest absolute Gasteiger partial charge is 0.462 e. The van der Waals surface area contributed by atoms with Gasteiger partial charge in [-0.3, -0.25) is 0 Å². The summed E-state index contributed by atoms with van der Waals surface area (Å²) >= 11 is 5.69. The number of halogens is 2. The Bertz CT molecular complexity index is 523. The summed E-state index contributed by atoms with van der Waals surface area (Å²) in [5, 5.41) is 11.6. The van der Waals surface area contributed by atoms with Gasteiger partial charge in [0.15, 0.2) is 5.57 Å². The van der Waals surface area contributed by atoms with E-state index in [1.807, 2.05) is 0 Å². The molecule has 0 unspecified atom stereocenters. The van der Waals surface area contributed by atoms with E-state index in [1.165, 1.54) is 18.2 Å². The number of nitriles is 1. The maximum atomic E-state index is 13.3. The Morgan fingerprint density at radius 1 is 1.67 bits per heavy atom. The Hall–Kier alpha value is -2.06. The molecule has 1 aromatic carbocycles. The molecule has 0 aromatic heterocycles. The van der Waals surface area contributed by atoms with Gasteiger partial charge in [-0.2, -0.15) is 5.26 Å². The van der Waals surface area contributed by atoms with Crippen molar-refractivity contribution in [3.05, 3.63) is 40.8 Å². The summed E-state index contributed by atoms with van der Waals surface area (Å²) in [4.78, 5) is 11.3. The molecule has 0 fully saturated rings. The smallest absolute Gasteiger partial charge is 0.350 e. The molecule has 0 saturated carbocycles. The third-order valence-corrected chi connectivity index (χ3v) is 2.15. The number of nitrogens with one attached hydrogen (secondary N) is 1. The van der Waals surface area contributed by atoms with E-state index in [0.29, 0.717) is 5.02 Å². The lowest BCUT2D eigenvalue weighted by Crippen LogP contribution is -2.08. The van der Waals surface area contributed by atoms with Crippen LogP contribution in [0.25, 0.3) is 0 Å². The number of nitrogens with zero attached hydrogens (tertiary/aromatic N) is 1. The van der Waals surface area contributed by atoms with Crippen molar-refractivity contribution in [1.82, 2.24) is 0 Å². The zero-order valence-corrected chi connectivity index (χ0v) is 10.3. The SMILES string of the molecule is CCOC(=O)C(C#N)=CNc1cc(Cl)ccc1F. The molecule has 4 nitrogen and oxygen atoms in total. The molecule has 1 rings (SSSR count). The molecule has 0 aliphatic heterocycles. The number of rotatable bonds is 4. The second-order valence-electron chi connectivity index (χ2n) is 3.16. The molecule has 1 N–H and O–H groups in total. The lowest BCUT2D eigenvalue weighted by molar-refractivity contribution is -0.138. The van der Waals surface area contributed by atoms with Crippen molar-refractivity contribution in [2.75, 3.05) is 11.9 Å². The molecule has 18 heavy (non-hydrogen) atoms. The summed E-state index contributed by atoms with van der Waals surface area (Å²) in [5.74, 6) is -1.31. The van der Waals surface area contributed by atoms with Gasteiger partial charge in [0.2, 0.25) is 0 Å². The molecule has 0 spiro atoms. The number of benzene rings is 1. The van der Waals surface area contributed by atoms with E-state index in [-0.39, 0.29) is 17.9 Å². The predicted molar refractivity (Wildman–Crippen MR) is 65.4 cm³/mol. The molecule has 0 saturated heterocycles. The van der Waals surface area contributed by atoms with Gasteiger partial charge in [-0.05, 0) is 25.1 Å². The summed E-state index contributed by atoms with van der Waals surface area (Å²) in [5.41, 5.74) is -0.184. The third kappa shape index (κ3) is 3.75. The van der Waals surface area contributed by atoms with Gasteiger partial charge in [0.25, 0.3) is 0 Å². The minimum atomic E-state index is -0.769. The van der Waals surface area contributed by atoms with Crippen LogP contribution in [0.5, 0.6) is 0 Å². The van der Waals surface area contributed by atoms with E-state index in [1.54, 1.807) is 13.0 Å². The van der Waals surface area contributed by atoms with Crippen LogP contribution in [0.2, 0.25) is 5.02 Å². The standard InChI is InChI=1S/C12H10ClFN2O2/c1-2-18-12(17)8(6-15)7-16-11-5-9(13)3-4-10(11)14/h3-5,7,16H,2H2,1H3. The number of esters is 1. The van der Waals surface area contributed by atoms with Crippen molar-refractivity contribution in [2.45, 2.75) is 6.92 Å². The lowest BCUT2D eigenvalue weighted by atomic mass is 10.3. The van der Waals surface area contributed by atoms with Gasteiger partial charge in [-0.15, -0.1) is 0 Å². The van der Waals surface area contributed by atoms with Crippen LogP contribution in [-0.4, -0.2) is 12.6 Å². The maximum absolute atomic E-state index is 13.3. The van der Waals surface area contributed by atoms with Gasteiger partial charge >= 0.3 is 5.97 Å². The Balaban J connectivity index is 2.87. The van der Waals surface area contributed by atoms with Crippen LogP contribution in [0.4, 0.5) is 10.1 Å². The molecule has 0 radical (unpaired) electrons. The van der Waals surface area contributed by atoms with Crippen molar-refractivity contribution in [1.29, 1.82) is 5.26 Å². The van der Waals surface area contributed by atoms with Crippen LogP contribution in [-0.2, 0) is 9.53 Å². The monoisotopic (exact) mass is 268 g/mol. The van der Waals surface area contributed by atoms with E-state index >= 15 is 0 Å². The van der Waals surface area contributed by atoms with Crippen LogP contribution < -0.4 is 5.32 Å². The zero-order valence-electron chi connectivity index (χ0n) is 9.54. The van der Waals surface area contributed by atoms with E-state index in [9.17, 15) is 9.18 Å². The average molecular weight is 269 g/mol. The first-order chi connectivity index (χ1) is 8.58. The molecule has 94 valence electrons. The van der Waals surface area contributed by atoms with Crippen molar-refractivity contribution < 1.29 is 13.9 Å². The maximum Gasteiger partial charge on any atom is 0.350 e. The van der Waals surface area contributed by atoms with E-state index in [0.717, 1.165) is 6.20 Å². The highest BCUT2D eigenvalue weighted by atomic mass is 35.5. The van der Waals surface area contributed by atoms with E-state index in [2.05, 4.69) is 10.1 Å². The fraction of sp³-hybridized carbons (Fsp3) is 0.167. The molecule has 0 heterocycles. The van der Waals surface area contributed by atoms with Crippen molar-refractivity contribution in [2.24, 2.45) is 0 Å². The minimum Gasteiger partial charge on any atom is -0.462 e. The lowest BCUT2D eigenvalue weighted by Gasteiger charge is -2.04. The molecule has 0 aliphatic carbocycles. The van der Waals surface area contributed by atoms with Crippen molar-refractivity contribution in [3.63, 3.8) is 0 Å². The Morgan fingerprint density at radius 3 is 3.00 bits per heavy atom. The zero-order chi connectivity index (χ0) is 13.5. The molecule has 0 amide bonds. The number of hydrogen-bond donors (Lipinski definition) is 1. The summed E-state index contributed by atoms with van der Waals surface area (Å²) in [6.45, 7) is 1.78. The number of anilines is 1.